The molecule has 0 unspecified atom stereocenters. The van der Waals surface area contributed by atoms with Crippen molar-refractivity contribution in [3.05, 3.63) is 70.8 Å². The third-order valence-corrected chi connectivity index (χ3v) is 6.12. The van der Waals surface area contributed by atoms with Gasteiger partial charge < -0.3 is 11.5 Å². The normalized spacial score (nSPS) is 18.9. The van der Waals surface area contributed by atoms with Crippen molar-refractivity contribution in [1.82, 2.24) is 9.80 Å². The molecule has 2 aliphatic heterocycles. The van der Waals surface area contributed by atoms with Gasteiger partial charge in [-0.15, -0.1) is 0 Å². The predicted octanol–water partition coefficient (Wildman–Crippen LogP) is 3.78. The molecule has 0 aliphatic carbocycles. The number of piperidine rings is 2. The number of nitrogens with zero attached hydrogens (tertiary/aromatic N) is 2. The van der Waals surface area contributed by atoms with Gasteiger partial charge in [0.05, 0.1) is 0 Å². The second-order valence-electron chi connectivity index (χ2n) is 8.65. The highest BCUT2D eigenvalue weighted by Crippen LogP contribution is 2.18. The monoisotopic (exact) mass is 452 g/mol. The summed E-state index contributed by atoms with van der Waals surface area (Å²) in [4.78, 5) is 4.22. The van der Waals surface area contributed by atoms with Crippen LogP contribution in [-0.2, 0) is 13.1 Å². The highest BCUT2D eigenvalue weighted by molar-refractivity contribution is 5.19. The number of likely N-dealkylation sites (tertiary alicyclic amines) is 2. The zero-order chi connectivity index (χ0) is 23.1. The number of benzene rings is 2. The van der Waals surface area contributed by atoms with Crippen LogP contribution in [0, 0.1) is 23.3 Å². The maximum absolute atomic E-state index is 13.4. The maximum Gasteiger partial charge on any atom is 0.163 e. The number of hydrogen-bond acceptors (Lipinski definition) is 4. The van der Waals surface area contributed by atoms with E-state index < -0.39 is 23.3 Å². The highest BCUT2D eigenvalue weighted by Gasteiger charge is 2.19. The lowest BCUT2D eigenvalue weighted by Crippen LogP contribution is -2.39. The zero-order valence-corrected chi connectivity index (χ0v) is 18.3. The van der Waals surface area contributed by atoms with Gasteiger partial charge in [-0.1, -0.05) is 24.3 Å². The van der Waals surface area contributed by atoms with Crippen LogP contribution in [0.3, 0.4) is 0 Å². The summed E-state index contributed by atoms with van der Waals surface area (Å²) >= 11 is 0. The fourth-order valence-corrected chi connectivity index (χ4v) is 4.05. The van der Waals surface area contributed by atoms with Crippen molar-refractivity contribution in [3.63, 3.8) is 0 Å². The van der Waals surface area contributed by atoms with Gasteiger partial charge in [0.25, 0.3) is 0 Å². The average Bonchev–Trinajstić information content (AvgIpc) is 2.78. The lowest BCUT2D eigenvalue weighted by Gasteiger charge is -2.30. The molecule has 0 bridgehead atoms. The first kappa shape index (κ1) is 24.6. The van der Waals surface area contributed by atoms with Gasteiger partial charge in [0, 0.05) is 36.3 Å². The van der Waals surface area contributed by atoms with E-state index in [0.29, 0.717) is 24.2 Å². The van der Waals surface area contributed by atoms with Crippen molar-refractivity contribution < 1.29 is 17.6 Å². The van der Waals surface area contributed by atoms with Gasteiger partial charge in [-0.3, -0.25) is 9.80 Å². The third-order valence-electron chi connectivity index (χ3n) is 6.12. The summed E-state index contributed by atoms with van der Waals surface area (Å²) in [6.45, 7) is 4.37. The van der Waals surface area contributed by atoms with Crippen molar-refractivity contribution in [2.45, 2.75) is 50.9 Å². The Bertz CT molecular complexity index is 792. The summed E-state index contributed by atoms with van der Waals surface area (Å²) < 4.78 is 52.8. The average molecular weight is 453 g/mol. The van der Waals surface area contributed by atoms with Crippen LogP contribution in [-0.4, -0.2) is 48.1 Å². The van der Waals surface area contributed by atoms with Crippen LogP contribution >= 0.6 is 0 Å². The summed E-state index contributed by atoms with van der Waals surface area (Å²) in [5.74, 6) is -2.99. The van der Waals surface area contributed by atoms with Gasteiger partial charge >= 0.3 is 0 Å². The number of halogens is 4. The first-order chi connectivity index (χ1) is 15.3. The minimum Gasteiger partial charge on any atom is -0.328 e. The van der Waals surface area contributed by atoms with Crippen LogP contribution < -0.4 is 11.5 Å². The van der Waals surface area contributed by atoms with E-state index in [0.717, 1.165) is 64.0 Å². The molecule has 4 rings (SSSR count). The summed E-state index contributed by atoms with van der Waals surface area (Å²) in [5.41, 5.74) is 12.4. The molecular formula is C24H32F4N4. The van der Waals surface area contributed by atoms with E-state index in [1.165, 1.54) is 0 Å². The molecule has 0 amide bonds. The van der Waals surface area contributed by atoms with Gasteiger partial charge in [0.15, 0.2) is 23.3 Å². The van der Waals surface area contributed by atoms with Gasteiger partial charge in [0.1, 0.15) is 0 Å². The molecule has 2 heterocycles. The molecule has 8 heteroatoms. The van der Waals surface area contributed by atoms with E-state index in [-0.39, 0.29) is 12.1 Å². The van der Waals surface area contributed by atoms with Crippen molar-refractivity contribution in [2.24, 2.45) is 11.5 Å². The predicted molar refractivity (Wildman–Crippen MR) is 118 cm³/mol. The number of rotatable bonds is 4. The number of nitrogens with two attached hydrogens (primary N) is 2. The second kappa shape index (κ2) is 11.7. The molecule has 2 aromatic carbocycles. The van der Waals surface area contributed by atoms with Crippen molar-refractivity contribution in [3.8, 4) is 0 Å². The van der Waals surface area contributed by atoms with E-state index in [9.17, 15) is 17.6 Å². The Hall–Kier alpha value is -2.00. The molecule has 4 N–H and O–H groups in total. The smallest absolute Gasteiger partial charge is 0.163 e. The molecule has 2 aromatic rings. The Kier molecular flexibility index (Phi) is 9.04. The van der Waals surface area contributed by atoms with Gasteiger partial charge in [-0.2, -0.15) is 0 Å². The minimum atomic E-state index is -0.772. The van der Waals surface area contributed by atoms with Crippen molar-refractivity contribution in [2.75, 3.05) is 26.2 Å². The molecular weight excluding hydrogens is 420 g/mol. The lowest BCUT2D eigenvalue weighted by atomic mass is 10.1. The van der Waals surface area contributed by atoms with Crippen molar-refractivity contribution >= 4 is 0 Å². The molecule has 0 radical (unpaired) electrons. The molecule has 0 spiro atoms. The van der Waals surface area contributed by atoms with Crippen LogP contribution in [0.15, 0.2) is 36.4 Å². The standard InChI is InChI=1S/2C12H16F2N2/c2*13-11-3-1-2-9(12(11)14)8-16-6-4-10(15)5-7-16/h2*1-3,10H,4-8,15H2. The van der Waals surface area contributed by atoms with Crippen LogP contribution in [0.2, 0.25) is 0 Å². The maximum atomic E-state index is 13.4. The van der Waals surface area contributed by atoms with E-state index in [4.69, 9.17) is 11.5 Å². The Morgan fingerprint density at radius 2 is 0.969 bits per heavy atom. The van der Waals surface area contributed by atoms with E-state index in [1.807, 2.05) is 0 Å². The highest BCUT2D eigenvalue weighted by atomic mass is 19.2. The van der Waals surface area contributed by atoms with Gasteiger partial charge in [0.2, 0.25) is 0 Å². The van der Waals surface area contributed by atoms with E-state index in [1.54, 1.807) is 24.3 Å². The Balaban J connectivity index is 0.000000181. The summed E-state index contributed by atoms with van der Waals surface area (Å²) in [6.07, 6.45) is 3.71. The summed E-state index contributed by atoms with van der Waals surface area (Å²) in [6, 6.07) is 9.16. The molecule has 0 saturated carbocycles. The second-order valence-corrected chi connectivity index (χ2v) is 8.65. The fraction of sp³-hybridized carbons (Fsp3) is 0.500. The minimum absolute atomic E-state index is 0.258. The topological polar surface area (TPSA) is 58.5 Å². The first-order valence-corrected chi connectivity index (χ1v) is 11.1. The van der Waals surface area contributed by atoms with Crippen LogP contribution in [0.5, 0.6) is 0 Å². The summed E-state index contributed by atoms with van der Waals surface area (Å²) in [5, 5.41) is 0. The van der Waals surface area contributed by atoms with Crippen LogP contribution in [0.25, 0.3) is 0 Å². The molecule has 4 nitrogen and oxygen atoms in total. The largest absolute Gasteiger partial charge is 0.328 e. The van der Waals surface area contributed by atoms with E-state index in [2.05, 4.69) is 9.80 Å². The molecule has 2 fully saturated rings. The number of hydrogen-bond donors (Lipinski definition) is 2. The van der Waals surface area contributed by atoms with Crippen LogP contribution in [0.1, 0.15) is 36.8 Å². The summed E-state index contributed by atoms with van der Waals surface area (Å²) in [7, 11) is 0. The van der Waals surface area contributed by atoms with Crippen molar-refractivity contribution in [1.29, 1.82) is 0 Å². The quantitative estimate of drug-likeness (QED) is 0.694. The fourth-order valence-electron chi connectivity index (χ4n) is 4.05. The molecule has 2 aliphatic rings. The lowest BCUT2D eigenvalue weighted by molar-refractivity contribution is 0.203. The molecule has 2 saturated heterocycles. The first-order valence-electron chi connectivity index (χ1n) is 11.1. The third kappa shape index (κ3) is 7.00. The van der Waals surface area contributed by atoms with Crippen LogP contribution in [0.4, 0.5) is 17.6 Å². The van der Waals surface area contributed by atoms with E-state index >= 15 is 0 Å². The van der Waals surface area contributed by atoms with Gasteiger partial charge in [-0.05, 0) is 64.0 Å². The Labute approximate surface area is 187 Å². The molecule has 0 aromatic heterocycles. The Morgan fingerprint density at radius 3 is 1.31 bits per heavy atom. The zero-order valence-electron chi connectivity index (χ0n) is 18.3. The SMILES string of the molecule is NC1CCN(Cc2cccc(F)c2F)CC1.NC1CCN(Cc2cccc(F)c2F)CC1. The molecule has 0 atom stereocenters. The van der Waals surface area contributed by atoms with Gasteiger partial charge in [-0.25, -0.2) is 17.6 Å². The molecule has 176 valence electrons. The Morgan fingerprint density at radius 1 is 0.625 bits per heavy atom. The molecule has 32 heavy (non-hydrogen) atoms.